The Balaban J connectivity index is -0.0000000663. The second kappa shape index (κ2) is 33.7. The number of carbonyl (C=O) groups excluding carboxylic acids is 2. The maximum Gasteiger partial charge on any atom is 1.00 e. The fourth-order valence-electron chi connectivity index (χ4n) is 2.84. The molecule has 2 N–H and O–H groups in total. The zero-order valence-corrected chi connectivity index (χ0v) is 30.1. The molecule has 6 nitrogen and oxygen atoms in total. The molecular formula is C27H45Br2K2NO5. The number of phenols is 1. The summed E-state index contributed by atoms with van der Waals surface area (Å²) in [4.78, 5) is 21.9. The molecule has 0 aliphatic carbocycles. The van der Waals surface area contributed by atoms with Crippen molar-refractivity contribution in [2.24, 2.45) is 11.8 Å². The number of alkyl halides is 2. The first kappa shape index (κ1) is 51.3. The van der Waals surface area contributed by atoms with Gasteiger partial charge in [-0.15, -0.1) is 0 Å². The molecule has 204 valence electrons. The quantitative estimate of drug-likeness (QED) is 0.122. The monoisotopic (exact) mass is 699 g/mol. The van der Waals surface area contributed by atoms with E-state index in [2.05, 4.69) is 80.2 Å². The Kier molecular flexibility index (Phi) is 46.8. The van der Waals surface area contributed by atoms with Gasteiger partial charge in [-0.3, -0.25) is 9.59 Å². The molecule has 0 saturated carbocycles. The number of nitrogens with one attached hydrogen (secondary N) is 1. The molecule has 1 aliphatic rings. The van der Waals surface area contributed by atoms with Gasteiger partial charge in [0.15, 0.2) is 5.78 Å². The average Bonchev–Trinajstić information content (AvgIpc) is 2.80. The number of piperidine rings is 1. The number of aromatic hydroxyl groups is 1. The first-order valence-corrected chi connectivity index (χ1v) is 12.4. The molecule has 1 fully saturated rings. The fraction of sp³-hybridized carbons (Fsp3) is 0.481. The maximum absolute atomic E-state index is 10.7. The third-order valence-electron chi connectivity index (χ3n) is 4.44. The summed E-state index contributed by atoms with van der Waals surface area (Å²) in [5.41, 5.74) is 3.27. The summed E-state index contributed by atoms with van der Waals surface area (Å²) in [6.45, 7) is 8.38. The molecule has 0 aromatic heterocycles. The summed E-state index contributed by atoms with van der Waals surface area (Å²) in [5, 5.41) is 22.5. The fourth-order valence-corrected chi connectivity index (χ4v) is 3.59. The predicted molar refractivity (Wildman–Crippen MR) is 154 cm³/mol. The molecule has 10 heteroatoms. The minimum Gasteiger partial charge on any atom is -1.00 e. The summed E-state index contributed by atoms with van der Waals surface area (Å²) in [5.74, 6) is 2.00. The third-order valence-corrected chi connectivity index (χ3v) is 5.73. The maximum atomic E-state index is 10.7. The van der Waals surface area contributed by atoms with Gasteiger partial charge in [0, 0.05) is 16.2 Å². The van der Waals surface area contributed by atoms with E-state index in [1.54, 1.807) is 12.1 Å². The Hall–Kier alpha value is 1.53. The van der Waals surface area contributed by atoms with E-state index in [0.29, 0.717) is 5.56 Å². The number of ketones is 1. The van der Waals surface area contributed by atoms with Gasteiger partial charge >= 0.3 is 103 Å². The molecule has 2 aromatic carbocycles. The van der Waals surface area contributed by atoms with Crippen LogP contribution in [0, 0.1) is 11.8 Å². The van der Waals surface area contributed by atoms with E-state index in [1.807, 2.05) is 0 Å². The van der Waals surface area contributed by atoms with E-state index in [4.69, 9.17) is 15.2 Å². The van der Waals surface area contributed by atoms with Gasteiger partial charge in [0.1, 0.15) is 5.75 Å². The van der Waals surface area contributed by atoms with Gasteiger partial charge in [-0.05, 0) is 73.7 Å². The second-order valence-corrected chi connectivity index (χ2v) is 8.61. The van der Waals surface area contributed by atoms with Crippen LogP contribution in [0.3, 0.4) is 0 Å². The van der Waals surface area contributed by atoms with E-state index in [1.165, 1.54) is 49.7 Å². The molecule has 1 aliphatic heterocycles. The SMILES string of the molecule is BrCc1ccc(CBr)cc1.C.C.C.CC(=O)c1ccc(O)cc1.CC1CNCC(C)C1.O=CO[O-].[H-].[K+].[K+]. The van der Waals surface area contributed by atoms with E-state index in [-0.39, 0.29) is 144 Å². The molecule has 0 bridgehead atoms. The van der Waals surface area contributed by atoms with Gasteiger partial charge < -0.3 is 22.0 Å². The number of benzene rings is 2. The van der Waals surface area contributed by atoms with Crippen molar-refractivity contribution >= 4 is 44.1 Å². The first-order valence-electron chi connectivity index (χ1n) is 10.2. The number of halogens is 2. The molecule has 1 saturated heterocycles. The molecule has 37 heavy (non-hydrogen) atoms. The first-order chi connectivity index (χ1) is 15.3. The summed E-state index contributed by atoms with van der Waals surface area (Å²) < 4.78 is 0. The van der Waals surface area contributed by atoms with Crippen molar-refractivity contribution in [1.29, 1.82) is 0 Å². The number of Topliss-reactive ketones (excluding diaryl/α,β-unsaturated/α-hetero) is 1. The third kappa shape index (κ3) is 28.8. The topological polar surface area (TPSA) is 98.7 Å². The van der Waals surface area contributed by atoms with Crippen LogP contribution in [-0.2, 0) is 20.3 Å². The summed E-state index contributed by atoms with van der Waals surface area (Å²) in [7, 11) is 0. The molecule has 1 heterocycles. The second-order valence-electron chi connectivity index (χ2n) is 7.48. The van der Waals surface area contributed by atoms with Crippen molar-refractivity contribution in [2.45, 2.75) is 60.1 Å². The molecule has 0 spiro atoms. The van der Waals surface area contributed by atoms with Crippen molar-refractivity contribution in [3.8, 4) is 5.75 Å². The number of hydrogen-bond acceptors (Lipinski definition) is 6. The molecule has 2 unspecified atom stereocenters. The molecule has 0 amide bonds. The van der Waals surface area contributed by atoms with Gasteiger partial charge in [0.05, 0.1) is 0 Å². The van der Waals surface area contributed by atoms with Crippen LogP contribution < -0.4 is 113 Å². The summed E-state index contributed by atoms with van der Waals surface area (Å²) in [6.07, 6.45) is 1.41. The van der Waals surface area contributed by atoms with Crippen molar-refractivity contribution in [1.82, 2.24) is 5.32 Å². The normalized spacial score (nSPS) is 14.3. The molecule has 3 rings (SSSR count). The van der Waals surface area contributed by atoms with Crippen molar-refractivity contribution in [3.05, 3.63) is 65.2 Å². The van der Waals surface area contributed by atoms with Crippen LogP contribution in [0.4, 0.5) is 0 Å². The van der Waals surface area contributed by atoms with Gasteiger partial charge in [0.25, 0.3) is 6.47 Å². The Labute approximate surface area is 329 Å². The van der Waals surface area contributed by atoms with E-state index in [9.17, 15) is 4.79 Å². The zero-order valence-electron chi connectivity index (χ0n) is 21.7. The molecule has 2 aromatic rings. The average molecular weight is 702 g/mol. The number of phenolic OH excluding ortho intramolecular Hbond substituents is 1. The standard InChI is InChI=1S/C8H8Br2.C8H8O2.C7H15N.CH2O3.3CH4.2K.H/c9-5-7-1-2-8(6-10)4-3-7;1-6(9)7-2-4-8(10)5-3-7;1-6-3-7(2)5-8-4-6;2-1-4-3;;;;;;/h1-4H,5-6H2;2-5,10H,1H3;6-8H,3-5H2,1-2H3;1,3H;3*1H4;;;/q;;;;;;;2*+1;-1/p-1. The van der Waals surface area contributed by atoms with Crippen LogP contribution in [0.2, 0.25) is 0 Å². The Bertz CT molecular complexity index is 742. The number of rotatable bonds is 4. The summed E-state index contributed by atoms with van der Waals surface area (Å²) in [6, 6.07) is 14.7. The van der Waals surface area contributed by atoms with E-state index >= 15 is 0 Å². The number of hydrogen-bond donors (Lipinski definition) is 2. The van der Waals surface area contributed by atoms with Crippen LogP contribution >= 0.6 is 31.9 Å². The van der Waals surface area contributed by atoms with E-state index < -0.39 is 0 Å². The van der Waals surface area contributed by atoms with Gasteiger partial charge in [-0.25, -0.2) is 0 Å². The predicted octanol–water partition coefficient (Wildman–Crippen LogP) is 0.787. The largest absolute Gasteiger partial charge is 1.00 e. The van der Waals surface area contributed by atoms with Gasteiger partial charge in [0.2, 0.25) is 0 Å². The molecule has 2 atom stereocenters. The van der Waals surface area contributed by atoms with Crippen LogP contribution in [0.15, 0.2) is 48.5 Å². The minimum atomic E-state index is -0.181. The Morgan fingerprint density at radius 3 is 1.54 bits per heavy atom. The van der Waals surface area contributed by atoms with Crippen LogP contribution in [0.25, 0.3) is 0 Å². The van der Waals surface area contributed by atoms with Crippen LogP contribution in [0.1, 0.15) is 72.4 Å². The molecular weight excluding hydrogens is 656 g/mol. The van der Waals surface area contributed by atoms with Crippen LogP contribution in [-0.4, -0.2) is 30.5 Å². The minimum absolute atomic E-state index is 0. The Morgan fingerprint density at radius 1 is 0.973 bits per heavy atom. The molecule has 0 radical (unpaired) electrons. The van der Waals surface area contributed by atoms with Crippen molar-refractivity contribution < 1.29 is 129 Å². The van der Waals surface area contributed by atoms with E-state index in [0.717, 1.165) is 22.5 Å². The van der Waals surface area contributed by atoms with Gasteiger partial charge in [-0.2, -0.15) is 0 Å². The zero-order chi connectivity index (χ0) is 24.4. The van der Waals surface area contributed by atoms with Crippen LogP contribution in [0.5, 0.6) is 5.75 Å². The number of carbonyl (C=O) groups is 2. The van der Waals surface area contributed by atoms with Gasteiger partial charge in [-0.1, -0.05) is 92.3 Å². The summed E-state index contributed by atoms with van der Waals surface area (Å²) >= 11 is 6.78. The smallest absolute Gasteiger partial charge is 1.00 e. The van der Waals surface area contributed by atoms with Crippen molar-refractivity contribution in [2.75, 3.05) is 13.1 Å². The Morgan fingerprint density at radius 2 is 1.32 bits per heavy atom. The van der Waals surface area contributed by atoms with Crippen molar-refractivity contribution in [3.63, 3.8) is 0 Å².